The van der Waals surface area contributed by atoms with Crippen LogP contribution in [0.25, 0.3) is 5.69 Å². The number of benzene rings is 1. The fourth-order valence-electron chi connectivity index (χ4n) is 4.36. The molecule has 1 amide bonds. The number of para-hydroxylation sites is 1. The highest BCUT2D eigenvalue weighted by Gasteiger charge is 2.33. The van der Waals surface area contributed by atoms with Crippen molar-refractivity contribution in [2.45, 2.75) is 45.6 Å². The molecule has 2 N–H and O–H groups in total. The number of aromatic nitrogens is 3. The number of piperidine rings is 1. The van der Waals surface area contributed by atoms with Crippen LogP contribution in [0.3, 0.4) is 0 Å². The zero-order valence-electron chi connectivity index (χ0n) is 19.8. The summed E-state index contributed by atoms with van der Waals surface area (Å²) in [4.78, 5) is 15.7. The molecule has 1 fully saturated rings. The van der Waals surface area contributed by atoms with E-state index in [0.29, 0.717) is 31.8 Å². The first-order chi connectivity index (χ1) is 16.0. The van der Waals surface area contributed by atoms with E-state index in [1.54, 1.807) is 25.3 Å². The Morgan fingerprint density at radius 2 is 2.12 bits per heavy atom. The topological polar surface area (TPSA) is 92.5 Å². The van der Waals surface area contributed by atoms with E-state index < -0.39 is 5.82 Å². The lowest BCUT2D eigenvalue weighted by Gasteiger charge is -2.38. The summed E-state index contributed by atoms with van der Waals surface area (Å²) in [6.45, 7) is 6.81. The number of carbonyl (C=O) groups is 1. The lowest BCUT2D eigenvalue weighted by atomic mass is 9.94. The lowest BCUT2D eigenvalue weighted by Crippen LogP contribution is -2.53. The molecular weight excluding hydrogens is 425 g/mol. The van der Waals surface area contributed by atoms with E-state index >= 15 is 0 Å². The lowest BCUT2D eigenvalue weighted by molar-refractivity contribution is 0.0546. The maximum absolute atomic E-state index is 14.6. The van der Waals surface area contributed by atoms with Gasteiger partial charge in [0.25, 0.3) is 5.91 Å². The minimum Gasteiger partial charge on any atom is -0.396 e. The highest BCUT2D eigenvalue weighted by molar-refractivity contribution is 5.93. The third kappa shape index (κ3) is 6.37. The quantitative estimate of drug-likeness (QED) is 0.500. The van der Waals surface area contributed by atoms with Crippen molar-refractivity contribution in [1.82, 2.24) is 25.2 Å². The van der Waals surface area contributed by atoms with Gasteiger partial charge in [-0.1, -0.05) is 31.2 Å². The van der Waals surface area contributed by atoms with E-state index in [2.05, 4.69) is 29.5 Å². The monoisotopic (exact) mass is 461 g/mol. The minimum absolute atomic E-state index is 0.0502. The number of aliphatic hydroxyl groups excluding tert-OH is 1. The van der Waals surface area contributed by atoms with Gasteiger partial charge in [0.1, 0.15) is 11.5 Å². The fraction of sp³-hybridized carbons (Fsp3) is 0.625. The summed E-state index contributed by atoms with van der Waals surface area (Å²) in [5.41, 5.74) is 1.15. The largest absolute Gasteiger partial charge is 0.396 e. The second-order valence-electron chi connectivity index (χ2n) is 9.15. The number of carbonyl (C=O) groups excluding carboxylic acids is 1. The first-order valence-electron chi connectivity index (χ1n) is 11.8. The number of halogens is 1. The van der Waals surface area contributed by atoms with Crippen LogP contribution in [-0.4, -0.2) is 76.9 Å². The van der Waals surface area contributed by atoms with E-state index in [4.69, 9.17) is 4.74 Å². The molecular formula is C24H36FN5O3. The average Bonchev–Trinajstić information content (AvgIpc) is 3.23. The standard InChI is InChI=1S/C24H36FN5O3/c1-17(2)15-29(19-12-18(16-31)13-26-14-19)24(32)23-22(10-6-7-11-33-3)30(28-27-23)21-9-5-4-8-20(21)25/h4-5,8-9,17-19,26,31H,6-7,10-16H2,1-3H3/t18-,19+/m1/s1. The van der Waals surface area contributed by atoms with E-state index in [9.17, 15) is 14.3 Å². The number of aliphatic hydroxyl groups is 1. The number of amides is 1. The molecule has 2 aromatic rings. The van der Waals surface area contributed by atoms with E-state index in [1.807, 2.05) is 4.90 Å². The smallest absolute Gasteiger partial charge is 0.276 e. The molecule has 182 valence electrons. The van der Waals surface area contributed by atoms with Crippen LogP contribution in [0.2, 0.25) is 0 Å². The van der Waals surface area contributed by atoms with Crippen LogP contribution in [0, 0.1) is 17.7 Å². The number of hydrogen-bond donors (Lipinski definition) is 2. The van der Waals surface area contributed by atoms with Crippen molar-refractivity contribution in [3.63, 3.8) is 0 Å². The molecule has 3 rings (SSSR count). The SMILES string of the molecule is COCCCCc1c(C(=O)N(CC(C)C)[C@@H]2CNC[C@H](CO)C2)nnn1-c1ccccc1F. The summed E-state index contributed by atoms with van der Waals surface area (Å²) >= 11 is 0. The number of methoxy groups -OCH3 is 1. The van der Waals surface area contributed by atoms with Crippen molar-refractivity contribution in [3.8, 4) is 5.69 Å². The molecule has 9 heteroatoms. The second-order valence-corrected chi connectivity index (χ2v) is 9.15. The van der Waals surface area contributed by atoms with Crippen LogP contribution in [0.4, 0.5) is 4.39 Å². The minimum atomic E-state index is -0.416. The molecule has 2 atom stereocenters. The van der Waals surface area contributed by atoms with Crippen LogP contribution < -0.4 is 5.32 Å². The van der Waals surface area contributed by atoms with Crippen LogP contribution in [-0.2, 0) is 11.2 Å². The van der Waals surface area contributed by atoms with Gasteiger partial charge in [0.2, 0.25) is 0 Å². The predicted molar refractivity (Wildman–Crippen MR) is 124 cm³/mol. The van der Waals surface area contributed by atoms with Gasteiger partial charge in [-0.15, -0.1) is 5.10 Å². The van der Waals surface area contributed by atoms with Gasteiger partial charge in [0.05, 0.1) is 5.69 Å². The number of rotatable bonds is 11. The Bertz CT molecular complexity index is 904. The Labute approximate surface area is 195 Å². The Morgan fingerprint density at radius 1 is 1.33 bits per heavy atom. The highest BCUT2D eigenvalue weighted by Crippen LogP contribution is 2.23. The van der Waals surface area contributed by atoms with Crippen LogP contribution in [0.1, 0.15) is 49.3 Å². The maximum atomic E-state index is 14.6. The second kappa shape index (κ2) is 12.2. The first kappa shape index (κ1) is 25.3. The molecule has 1 saturated heterocycles. The number of nitrogens with one attached hydrogen (secondary N) is 1. The van der Waals surface area contributed by atoms with Gasteiger partial charge in [0, 0.05) is 46.0 Å². The third-order valence-corrected chi connectivity index (χ3v) is 6.00. The Morgan fingerprint density at radius 3 is 2.82 bits per heavy atom. The molecule has 0 saturated carbocycles. The summed E-state index contributed by atoms with van der Waals surface area (Å²) in [7, 11) is 1.65. The molecule has 1 aliphatic rings. The zero-order valence-corrected chi connectivity index (χ0v) is 19.8. The van der Waals surface area contributed by atoms with Crippen molar-refractivity contribution in [1.29, 1.82) is 0 Å². The van der Waals surface area contributed by atoms with E-state index in [0.717, 1.165) is 25.8 Å². The maximum Gasteiger partial charge on any atom is 0.276 e. The summed E-state index contributed by atoms with van der Waals surface area (Å²) in [5.74, 6) is -0.247. The van der Waals surface area contributed by atoms with Gasteiger partial charge < -0.3 is 20.1 Å². The number of hydrogen-bond acceptors (Lipinski definition) is 6. The van der Waals surface area contributed by atoms with Crippen molar-refractivity contribution in [2.75, 3.05) is 40.0 Å². The Balaban J connectivity index is 1.95. The summed E-state index contributed by atoms with van der Waals surface area (Å²) < 4.78 is 21.2. The summed E-state index contributed by atoms with van der Waals surface area (Å²) in [6.07, 6.45) is 2.83. The van der Waals surface area contributed by atoms with Crippen LogP contribution in [0.5, 0.6) is 0 Å². The number of unbranched alkanes of at least 4 members (excludes halogenated alkanes) is 1. The third-order valence-electron chi connectivity index (χ3n) is 6.00. The molecule has 0 bridgehead atoms. The average molecular weight is 462 g/mol. The van der Waals surface area contributed by atoms with Crippen molar-refractivity contribution >= 4 is 5.91 Å². The first-order valence-corrected chi connectivity index (χ1v) is 11.8. The zero-order chi connectivity index (χ0) is 23.8. The normalized spacial score (nSPS) is 18.6. The van der Waals surface area contributed by atoms with Gasteiger partial charge in [-0.3, -0.25) is 4.79 Å². The van der Waals surface area contributed by atoms with Gasteiger partial charge in [-0.05, 0) is 49.7 Å². The van der Waals surface area contributed by atoms with Gasteiger partial charge in [0.15, 0.2) is 5.69 Å². The molecule has 1 aliphatic heterocycles. The fourth-order valence-corrected chi connectivity index (χ4v) is 4.36. The molecule has 2 heterocycles. The van der Waals surface area contributed by atoms with Gasteiger partial charge in [-0.2, -0.15) is 0 Å². The Hall–Kier alpha value is -2.36. The van der Waals surface area contributed by atoms with Crippen LogP contribution >= 0.6 is 0 Å². The van der Waals surface area contributed by atoms with Crippen molar-refractivity contribution < 1.29 is 19.0 Å². The molecule has 8 nitrogen and oxygen atoms in total. The number of ether oxygens (including phenoxy) is 1. The molecule has 33 heavy (non-hydrogen) atoms. The predicted octanol–water partition coefficient (Wildman–Crippen LogP) is 2.44. The van der Waals surface area contributed by atoms with Gasteiger partial charge >= 0.3 is 0 Å². The number of nitrogens with zero attached hydrogens (tertiary/aromatic N) is 4. The van der Waals surface area contributed by atoms with Crippen molar-refractivity contribution in [3.05, 3.63) is 41.5 Å². The van der Waals surface area contributed by atoms with E-state index in [1.165, 1.54) is 10.7 Å². The molecule has 0 unspecified atom stereocenters. The molecule has 0 radical (unpaired) electrons. The molecule has 1 aromatic heterocycles. The molecule has 0 aliphatic carbocycles. The summed E-state index contributed by atoms with van der Waals surface area (Å²) in [6, 6.07) is 6.33. The Kier molecular flexibility index (Phi) is 9.34. The van der Waals surface area contributed by atoms with Crippen molar-refractivity contribution in [2.24, 2.45) is 11.8 Å². The van der Waals surface area contributed by atoms with E-state index in [-0.39, 0.29) is 41.8 Å². The van der Waals surface area contributed by atoms with Crippen LogP contribution in [0.15, 0.2) is 24.3 Å². The van der Waals surface area contributed by atoms with Gasteiger partial charge in [-0.25, -0.2) is 9.07 Å². The molecule has 0 spiro atoms. The summed E-state index contributed by atoms with van der Waals surface area (Å²) in [5, 5.41) is 21.4. The molecule has 1 aromatic carbocycles. The highest BCUT2D eigenvalue weighted by atomic mass is 19.1.